The van der Waals surface area contributed by atoms with Crippen molar-refractivity contribution in [2.24, 2.45) is 0 Å². The molecule has 1 aliphatic carbocycles. The van der Waals surface area contributed by atoms with Gasteiger partial charge in [-0.2, -0.15) is 0 Å². The Morgan fingerprint density at radius 1 is 1.12 bits per heavy atom. The van der Waals surface area contributed by atoms with Gasteiger partial charge in [-0.3, -0.25) is 9.59 Å². The largest absolute Gasteiger partial charge is 0.352 e. The van der Waals surface area contributed by atoms with E-state index in [0.29, 0.717) is 22.3 Å². The van der Waals surface area contributed by atoms with E-state index in [1.165, 1.54) is 11.1 Å². The number of rotatable bonds is 9. The van der Waals surface area contributed by atoms with Gasteiger partial charge >= 0.3 is 0 Å². The minimum atomic E-state index is -0.573. The van der Waals surface area contributed by atoms with Crippen molar-refractivity contribution in [3.8, 4) is 0 Å². The van der Waals surface area contributed by atoms with Crippen LogP contribution in [-0.2, 0) is 21.9 Å². The summed E-state index contributed by atoms with van der Waals surface area (Å²) in [6.07, 6.45) is 4.29. The van der Waals surface area contributed by atoms with Gasteiger partial charge in [0.1, 0.15) is 6.04 Å². The van der Waals surface area contributed by atoms with Crippen LogP contribution < -0.4 is 5.32 Å². The number of carbonyl (C=O) groups is 2. The molecule has 7 heteroatoms. The summed E-state index contributed by atoms with van der Waals surface area (Å²) in [7, 11) is 0. The molecule has 1 aliphatic rings. The third-order valence-electron chi connectivity index (χ3n) is 5.95. The standard InChI is InChI=1S/C25H30Cl2N2O2S/c1-17-7-3-4-8-20(17)15-32-16-24(30)29(14-19-11-12-22(26)23(27)13-19)18(2)25(31)28-21-9-5-6-10-21/h3-4,7-8,11-13,18,21H,5-6,9-10,14-16H2,1-2H3,(H,28,31)/t18-/m0/s1. The van der Waals surface area contributed by atoms with Crippen LogP contribution in [0.5, 0.6) is 0 Å². The van der Waals surface area contributed by atoms with Crippen LogP contribution in [0, 0.1) is 6.92 Å². The van der Waals surface area contributed by atoms with E-state index in [1.54, 1.807) is 35.7 Å². The highest BCUT2D eigenvalue weighted by Gasteiger charge is 2.28. The first-order valence-electron chi connectivity index (χ1n) is 11.0. The van der Waals surface area contributed by atoms with E-state index in [-0.39, 0.29) is 17.9 Å². The Morgan fingerprint density at radius 3 is 2.53 bits per heavy atom. The molecule has 2 amide bonds. The Balaban J connectivity index is 1.69. The summed E-state index contributed by atoms with van der Waals surface area (Å²) in [6.45, 7) is 4.18. The topological polar surface area (TPSA) is 49.4 Å². The van der Waals surface area contributed by atoms with Gasteiger partial charge in [-0.1, -0.05) is 66.4 Å². The Bertz CT molecular complexity index is 947. The maximum atomic E-state index is 13.2. The van der Waals surface area contributed by atoms with Crippen LogP contribution in [0.3, 0.4) is 0 Å². The molecule has 2 aromatic rings. The first kappa shape index (κ1) is 24.9. The molecule has 1 fully saturated rings. The van der Waals surface area contributed by atoms with Gasteiger partial charge in [0.05, 0.1) is 15.8 Å². The summed E-state index contributed by atoms with van der Waals surface area (Å²) in [5.41, 5.74) is 3.27. The van der Waals surface area contributed by atoms with Crippen molar-refractivity contribution in [1.82, 2.24) is 10.2 Å². The van der Waals surface area contributed by atoms with E-state index in [1.807, 2.05) is 18.2 Å². The van der Waals surface area contributed by atoms with Crippen molar-refractivity contribution < 1.29 is 9.59 Å². The number of halogens is 2. The molecule has 0 spiro atoms. The van der Waals surface area contributed by atoms with Gasteiger partial charge < -0.3 is 10.2 Å². The van der Waals surface area contributed by atoms with Crippen LogP contribution in [0.25, 0.3) is 0 Å². The number of carbonyl (C=O) groups excluding carboxylic acids is 2. The van der Waals surface area contributed by atoms with Crippen LogP contribution in [0.2, 0.25) is 10.0 Å². The van der Waals surface area contributed by atoms with Gasteiger partial charge in [0.25, 0.3) is 0 Å². The number of hydrogen-bond donors (Lipinski definition) is 1. The van der Waals surface area contributed by atoms with Crippen molar-refractivity contribution >= 4 is 46.8 Å². The van der Waals surface area contributed by atoms with Crippen molar-refractivity contribution in [3.05, 3.63) is 69.2 Å². The minimum Gasteiger partial charge on any atom is -0.352 e. The molecule has 1 atom stereocenters. The zero-order valence-corrected chi connectivity index (χ0v) is 20.9. The third kappa shape index (κ3) is 6.90. The van der Waals surface area contributed by atoms with Gasteiger partial charge in [-0.05, 0) is 55.5 Å². The van der Waals surface area contributed by atoms with Gasteiger partial charge in [0, 0.05) is 18.3 Å². The predicted molar refractivity (Wildman–Crippen MR) is 134 cm³/mol. The van der Waals surface area contributed by atoms with Gasteiger partial charge in [-0.25, -0.2) is 0 Å². The van der Waals surface area contributed by atoms with Gasteiger partial charge in [0.2, 0.25) is 11.8 Å². The summed E-state index contributed by atoms with van der Waals surface area (Å²) >= 11 is 13.8. The lowest BCUT2D eigenvalue weighted by Gasteiger charge is -2.30. The lowest BCUT2D eigenvalue weighted by molar-refractivity contribution is -0.138. The molecule has 2 aromatic carbocycles. The Labute approximate surface area is 205 Å². The maximum Gasteiger partial charge on any atom is 0.242 e. The lowest BCUT2D eigenvalue weighted by Crippen LogP contribution is -2.50. The molecule has 1 N–H and O–H groups in total. The number of nitrogens with one attached hydrogen (secondary N) is 1. The average molecular weight is 494 g/mol. The first-order chi connectivity index (χ1) is 15.3. The zero-order chi connectivity index (χ0) is 23.1. The van der Waals surface area contributed by atoms with E-state index >= 15 is 0 Å². The second kappa shape index (κ2) is 12.0. The van der Waals surface area contributed by atoms with E-state index in [2.05, 4.69) is 24.4 Å². The van der Waals surface area contributed by atoms with Crippen LogP contribution >= 0.6 is 35.0 Å². The second-order valence-electron chi connectivity index (χ2n) is 8.36. The Hall–Kier alpha value is -1.69. The van der Waals surface area contributed by atoms with Gasteiger partial charge in [0.15, 0.2) is 0 Å². The predicted octanol–water partition coefficient (Wildman–Crippen LogP) is 6.01. The molecule has 0 saturated heterocycles. The maximum absolute atomic E-state index is 13.2. The third-order valence-corrected chi connectivity index (χ3v) is 7.66. The van der Waals surface area contributed by atoms with E-state index in [0.717, 1.165) is 37.0 Å². The molecule has 1 saturated carbocycles. The van der Waals surface area contributed by atoms with E-state index < -0.39 is 6.04 Å². The van der Waals surface area contributed by atoms with Crippen LogP contribution in [-0.4, -0.2) is 34.6 Å². The molecule has 0 aliphatic heterocycles. The number of hydrogen-bond acceptors (Lipinski definition) is 3. The molecule has 4 nitrogen and oxygen atoms in total. The second-order valence-corrected chi connectivity index (χ2v) is 10.2. The highest BCUT2D eigenvalue weighted by atomic mass is 35.5. The van der Waals surface area contributed by atoms with Crippen molar-refractivity contribution in [2.75, 3.05) is 5.75 Å². The quantitative estimate of drug-likeness (QED) is 0.466. The monoisotopic (exact) mass is 492 g/mol. The van der Waals surface area contributed by atoms with Crippen molar-refractivity contribution in [2.45, 2.75) is 63.9 Å². The number of thioether (sulfide) groups is 1. The van der Waals surface area contributed by atoms with E-state index in [9.17, 15) is 9.59 Å². The molecule has 0 aromatic heterocycles. The summed E-state index contributed by atoms with van der Waals surface area (Å²) in [4.78, 5) is 27.8. The smallest absolute Gasteiger partial charge is 0.242 e. The molecule has 0 unspecified atom stereocenters. The van der Waals surface area contributed by atoms with Crippen molar-refractivity contribution in [3.63, 3.8) is 0 Å². The summed E-state index contributed by atoms with van der Waals surface area (Å²) < 4.78 is 0. The highest BCUT2D eigenvalue weighted by molar-refractivity contribution is 7.99. The molecule has 172 valence electrons. The highest BCUT2D eigenvalue weighted by Crippen LogP contribution is 2.25. The van der Waals surface area contributed by atoms with Gasteiger partial charge in [-0.15, -0.1) is 11.8 Å². The molecule has 3 rings (SSSR count). The zero-order valence-electron chi connectivity index (χ0n) is 18.6. The molecular formula is C25H30Cl2N2O2S. The van der Waals surface area contributed by atoms with Crippen LogP contribution in [0.4, 0.5) is 0 Å². The number of amides is 2. The minimum absolute atomic E-state index is 0.0660. The number of aryl methyl sites for hydroxylation is 1. The fourth-order valence-corrected chi connectivity index (χ4v) is 5.22. The normalized spacial score (nSPS) is 14.9. The number of benzene rings is 2. The fourth-order valence-electron chi connectivity index (χ4n) is 3.91. The first-order valence-corrected chi connectivity index (χ1v) is 12.9. The molecule has 0 radical (unpaired) electrons. The average Bonchev–Trinajstić information content (AvgIpc) is 3.28. The summed E-state index contributed by atoms with van der Waals surface area (Å²) in [6, 6.07) is 13.1. The lowest BCUT2D eigenvalue weighted by atomic mass is 10.1. The van der Waals surface area contributed by atoms with Crippen LogP contribution in [0.15, 0.2) is 42.5 Å². The molecule has 0 heterocycles. The molecule has 32 heavy (non-hydrogen) atoms. The Morgan fingerprint density at radius 2 is 1.84 bits per heavy atom. The fraction of sp³-hybridized carbons (Fsp3) is 0.440. The Kier molecular flexibility index (Phi) is 9.33. The molecular weight excluding hydrogens is 463 g/mol. The van der Waals surface area contributed by atoms with E-state index in [4.69, 9.17) is 23.2 Å². The molecule has 0 bridgehead atoms. The number of nitrogens with zero attached hydrogens (tertiary/aromatic N) is 1. The van der Waals surface area contributed by atoms with Crippen LogP contribution in [0.1, 0.15) is 49.3 Å². The summed E-state index contributed by atoms with van der Waals surface area (Å²) in [5, 5.41) is 4.03. The van der Waals surface area contributed by atoms with Crippen molar-refractivity contribution in [1.29, 1.82) is 0 Å². The SMILES string of the molecule is Cc1ccccc1CSCC(=O)N(Cc1ccc(Cl)c(Cl)c1)[C@@H](C)C(=O)NC1CCCC1. The summed E-state index contributed by atoms with van der Waals surface area (Å²) in [5.74, 6) is 0.885.